The maximum atomic E-state index is 13.8. The highest BCUT2D eigenvalue weighted by Crippen LogP contribution is 2.31. The van der Waals surface area contributed by atoms with Gasteiger partial charge in [0, 0.05) is 11.1 Å². The predicted molar refractivity (Wildman–Crippen MR) is 134 cm³/mol. The van der Waals surface area contributed by atoms with E-state index in [2.05, 4.69) is 0 Å². The molecular formula is C30H18F4O4. The molecule has 0 atom stereocenters. The van der Waals surface area contributed by atoms with E-state index in [1.54, 1.807) is 48.5 Å². The standard InChI is InChI=1S/C30H18F4O4/c1-15-21(9-11-25(31)27(15)33)29(35)37-19-5-7-23-17(13-19)3-4-18-14-20(6-8-24(18)23)38-30(36)22-10-12-26(32)28(34)16(22)2/h3-14H,1-2H3. The molecule has 190 valence electrons. The quantitative estimate of drug-likeness (QED) is 0.106. The molecule has 0 aromatic heterocycles. The van der Waals surface area contributed by atoms with E-state index >= 15 is 0 Å². The molecule has 0 aliphatic rings. The van der Waals surface area contributed by atoms with Crippen molar-refractivity contribution < 1.29 is 36.6 Å². The molecule has 0 aliphatic heterocycles. The van der Waals surface area contributed by atoms with E-state index in [1.165, 1.54) is 26.0 Å². The van der Waals surface area contributed by atoms with E-state index < -0.39 is 35.2 Å². The van der Waals surface area contributed by atoms with Gasteiger partial charge in [-0.2, -0.15) is 0 Å². The molecule has 5 aromatic carbocycles. The Bertz CT molecular complexity index is 1650. The van der Waals surface area contributed by atoms with Gasteiger partial charge in [-0.25, -0.2) is 27.2 Å². The van der Waals surface area contributed by atoms with Gasteiger partial charge in [0.1, 0.15) is 11.5 Å². The molecule has 0 bridgehead atoms. The molecule has 5 aromatic rings. The fourth-order valence-corrected chi connectivity index (χ4v) is 4.22. The van der Waals surface area contributed by atoms with Crippen molar-refractivity contribution >= 4 is 33.5 Å². The lowest BCUT2D eigenvalue weighted by molar-refractivity contribution is 0.0723. The highest BCUT2D eigenvalue weighted by atomic mass is 19.2. The fourth-order valence-electron chi connectivity index (χ4n) is 4.22. The van der Waals surface area contributed by atoms with E-state index in [-0.39, 0.29) is 33.8 Å². The van der Waals surface area contributed by atoms with Crippen LogP contribution in [0.1, 0.15) is 31.8 Å². The molecule has 0 spiro atoms. The minimum Gasteiger partial charge on any atom is -0.423 e. The Hall–Kier alpha value is -4.72. The van der Waals surface area contributed by atoms with E-state index in [4.69, 9.17) is 9.47 Å². The van der Waals surface area contributed by atoms with Gasteiger partial charge in [-0.05, 0) is 83.9 Å². The number of halogens is 4. The molecular weight excluding hydrogens is 500 g/mol. The Morgan fingerprint density at radius 2 is 0.947 bits per heavy atom. The monoisotopic (exact) mass is 518 g/mol. The van der Waals surface area contributed by atoms with Crippen LogP contribution >= 0.6 is 0 Å². The first-order chi connectivity index (χ1) is 18.1. The zero-order valence-corrected chi connectivity index (χ0v) is 20.1. The van der Waals surface area contributed by atoms with Gasteiger partial charge in [-0.3, -0.25) is 0 Å². The molecule has 38 heavy (non-hydrogen) atoms. The molecule has 0 saturated carbocycles. The summed E-state index contributed by atoms with van der Waals surface area (Å²) in [4.78, 5) is 25.1. The molecule has 0 radical (unpaired) electrons. The fraction of sp³-hybridized carbons (Fsp3) is 0.0667. The average Bonchev–Trinajstić information content (AvgIpc) is 2.90. The summed E-state index contributed by atoms with van der Waals surface area (Å²) in [5.41, 5.74) is -0.442. The predicted octanol–water partition coefficient (Wildman–Crippen LogP) is 7.60. The molecule has 8 heteroatoms. The van der Waals surface area contributed by atoms with Crippen molar-refractivity contribution in [3.8, 4) is 11.5 Å². The van der Waals surface area contributed by atoms with Crippen LogP contribution in [0.25, 0.3) is 21.5 Å². The summed E-state index contributed by atoms with van der Waals surface area (Å²) in [6.07, 6.45) is 0. The van der Waals surface area contributed by atoms with Crippen molar-refractivity contribution in [3.63, 3.8) is 0 Å². The van der Waals surface area contributed by atoms with Crippen LogP contribution in [0, 0.1) is 37.1 Å². The van der Waals surface area contributed by atoms with Gasteiger partial charge in [0.05, 0.1) is 11.1 Å². The number of esters is 2. The average molecular weight is 518 g/mol. The first-order valence-electron chi connectivity index (χ1n) is 11.4. The van der Waals surface area contributed by atoms with Crippen LogP contribution in [0.4, 0.5) is 17.6 Å². The maximum absolute atomic E-state index is 13.8. The summed E-state index contributed by atoms with van der Waals surface area (Å²) in [5.74, 6) is -5.49. The van der Waals surface area contributed by atoms with Crippen LogP contribution in [0.5, 0.6) is 11.5 Å². The first kappa shape index (κ1) is 25.0. The molecule has 5 rings (SSSR count). The van der Waals surface area contributed by atoms with E-state index in [0.717, 1.165) is 33.7 Å². The third-order valence-electron chi connectivity index (χ3n) is 6.32. The smallest absolute Gasteiger partial charge is 0.343 e. The molecule has 0 heterocycles. The van der Waals surface area contributed by atoms with Gasteiger partial charge >= 0.3 is 11.9 Å². The van der Waals surface area contributed by atoms with Gasteiger partial charge in [-0.15, -0.1) is 0 Å². The number of rotatable bonds is 4. The summed E-state index contributed by atoms with van der Waals surface area (Å²) in [7, 11) is 0. The lowest BCUT2D eigenvalue weighted by Gasteiger charge is -2.11. The number of carbonyl (C=O) groups is 2. The van der Waals surface area contributed by atoms with Crippen LogP contribution in [-0.2, 0) is 0 Å². The lowest BCUT2D eigenvalue weighted by atomic mass is 10.0. The number of fused-ring (bicyclic) bond motifs is 3. The lowest BCUT2D eigenvalue weighted by Crippen LogP contribution is -2.12. The summed E-state index contributed by atoms with van der Waals surface area (Å²) in [5, 5.41) is 3.13. The van der Waals surface area contributed by atoms with Crippen LogP contribution in [0.2, 0.25) is 0 Å². The molecule has 0 fully saturated rings. The molecule has 0 unspecified atom stereocenters. The van der Waals surface area contributed by atoms with Crippen LogP contribution in [0.15, 0.2) is 72.8 Å². The molecule has 0 amide bonds. The van der Waals surface area contributed by atoms with E-state index in [9.17, 15) is 27.2 Å². The van der Waals surface area contributed by atoms with E-state index in [1.807, 2.05) is 0 Å². The molecule has 0 saturated heterocycles. The van der Waals surface area contributed by atoms with Crippen LogP contribution in [0.3, 0.4) is 0 Å². The SMILES string of the molecule is Cc1c(C(=O)Oc2ccc3c(ccc4cc(OC(=O)c5ccc(F)c(F)c5C)ccc43)c2)ccc(F)c1F. The summed E-state index contributed by atoms with van der Waals surface area (Å²) in [6.45, 7) is 2.60. The van der Waals surface area contributed by atoms with Crippen molar-refractivity contribution in [1.29, 1.82) is 0 Å². The minimum absolute atomic E-state index is 0.0804. The van der Waals surface area contributed by atoms with Crippen molar-refractivity contribution in [2.75, 3.05) is 0 Å². The second-order valence-electron chi connectivity index (χ2n) is 8.68. The van der Waals surface area contributed by atoms with Gasteiger partial charge in [0.25, 0.3) is 0 Å². The minimum atomic E-state index is -1.10. The number of ether oxygens (including phenoxy) is 2. The number of carbonyl (C=O) groups excluding carboxylic acids is 2. The third-order valence-corrected chi connectivity index (χ3v) is 6.32. The zero-order valence-electron chi connectivity index (χ0n) is 20.1. The second-order valence-corrected chi connectivity index (χ2v) is 8.68. The maximum Gasteiger partial charge on any atom is 0.343 e. The Balaban J connectivity index is 1.40. The van der Waals surface area contributed by atoms with Crippen molar-refractivity contribution in [2.45, 2.75) is 13.8 Å². The van der Waals surface area contributed by atoms with E-state index in [0.29, 0.717) is 0 Å². The number of hydrogen-bond donors (Lipinski definition) is 0. The molecule has 0 N–H and O–H groups in total. The zero-order chi connectivity index (χ0) is 27.1. The molecule has 4 nitrogen and oxygen atoms in total. The van der Waals surface area contributed by atoms with Crippen molar-refractivity contribution in [2.24, 2.45) is 0 Å². The van der Waals surface area contributed by atoms with Crippen molar-refractivity contribution in [3.05, 3.63) is 118 Å². The Morgan fingerprint density at radius 3 is 1.34 bits per heavy atom. The van der Waals surface area contributed by atoms with Gasteiger partial charge in [0.15, 0.2) is 23.3 Å². The number of benzene rings is 5. The topological polar surface area (TPSA) is 52.6 Å². The third kappa shape index (κ3) is 4.45. The summed E-state index contributed by atoms with van der Waals surface area (Å²) in [6, 6.07) is 17.6. The number of hydrogen-bond acceptors (Lipinski definition) is 4. The van der Waals surface area contributed by atoms with Gasteiger partial charge < -0.3 is 9.47 Å². The molecule has 0 aliphatic carbocycles. The second kappa shape index (κ2) is 9.63. The Labute approximate surface area is 214 Å². The summed E-state index contributed by atoms with van der Waals surface area (Å²) < 4.78 is 65.2. The van der Waals surface area contributed by atoms with Gasteiger partial charge in [0.2, 0.25) is 0 Å². The van der Waals surface area contributed by atoms with Crippen LogP contribution in [-0.4, -0.2) is 11.9 Å². The normalized spacial score (nSPS) is 11.1. The first-order valence-corrected chi connectivity index (χ1v) is 11.4. The Kier molecular flexibility index (Phi) is 6.32. The van der Waals surface area contributed by atoms with Gasteiger partial charge in [-0.1, -0.05) is 24.3 Å². The summed E-state index contributed by atoms with van der Waals surface area (Å²) >= 11 is 0. The highest BCUT2D eigenvalue weighted by molar-refractivity contribution is 6.08. The highest BCUT2D eigenvalue weighted by Gasteiger charge is 2.19. The van der Waals surface area contributed by atoms with Crippen molar-refractivity contribution in [1.82, 2.24) is 0 Å². The van der Waals surface area contributed by atoms with Crippen LogP contribution < -0.4 is 9.47 Å². The Morgan fingerprint density at radius 1 is 0.553 bits per heavy atom. The largest absolute Gasteiger partial charge is 0.423 e.